The molecule has 12 rings (SSSR count). The smallest absolute Gasteiger partial charge is 0.0503 e. The lowest BCUT2D eigenvalue weighted by atomic mass is 10.0. The highest BCUT2D eigenvalue weighted by Gasteiger charge is 2.23. The molecule has 0 N–H and O–H groups in total. The van der Waals surface area contributed by atoms with E-state index in [0.29, 0.717) is 0 Å². The van der Waals surface area contributed by atoms with E-state index >= 15 is 0 Å². The third-order valence-corrected chi connectivity index (χ3v) is 14.2. The van der Waals surface area contributed by atoms with Gasteiger partial charge in [-0.15, -0.1) is 11.3 Å². The maximum absolute atomic E-state index is 2.43. The second kappa shape index (κ2) is 19.0. The summed E-state index contributed by atoms with van der Waals surface area (Å²) in [5.74, 6) is 0. The van der Waals surface area contributed by atoms with Crippen molar-refractivity contribution in [1.82, 2.24) is 0 Å². The van der Waals surface area contributed by atoms with Crippen LogP contribution in [0.2, 0.25) is 0 Å². The zero-order valence-corrected chi connectivity index (χ0v) is 39.2. The highest BCUT2D eigenvalue weighted by Crippen LogP contribution is 2.48. The first-order chi connectivity index (χ1) is 34.7. The number of benzene rings is 11. The Bertz CT molecular complexity index is 3530. The fourth-order valence-electron chi connectivity index (χ4n) is 9.62. The van der Waals surface area contributed by atoms with Crippen molar-refractivity contribution in [3.8, 4) is 33.4 Å². The van der Waals surface area contributed by atoms with Crippen LogP contribution >= 0.6 is 11.3 Å². The van der Waals surface area contributed by atoms with E-state index in [0.717, 1.165) is 51.2 Å². The normalized spacial score (nSPS) is 11.1. The molecule has 1 aromatic heterocycles. The van der Waals surface area contributed by atoms with Gasteiger partial charge in [-0.25, -0.2) is 0 Å². The van der Waals surface area contributed by atoms with Crippen LogP contribution in [0.1, 0.15) is 0 Å². The van der Waals surface area contributed by atoms with Crippen molar-refractivity contribution in [2.75, 3.05) is 14.7 Å². The topological polar surface area (TPSA) is 9.72 Å². The molecule has 1 heterocycles. The molecule has 0 saturated carbocycles. The predicted molar refractivity (Wildman–Crippen MR) is 300 cm³/mol. The molecular weight excluding hydrogens is 867 g/mol. The van der Waals surface area contributed by atoms with Crippen molar-refractivity contribution in [2.45, 2.75) is 0 Å². The zero-order valence-electron chi connectivity index (χ0n) is 38.4. The first-order valence-electron chi connectivity index (χ1n) is 23.7. The van der Waals surface area contributed by atoms with Crippen LogP contribution in [-0.2, 0) is 0 Å². The second-order valence-electron chi connectivity index (χ2n) is 17.4. The van der Waals surface area contributed by atoms with Crippen molar-refractivity contribution >= 4 is 82.7 Å². The van der Waals surface area contributed by atoms with Gasteiger partial charge in [0.15, 0.2) is 0 Å². The van der Waals surface area contributed by atoms with Crippen LogP contribution in [0.4, 0.5) is 51.2 Å². The van der Waals surface area contributed by atoms with Crippen molar-refractivity contribution in [3.05, 3.63) is 285 Å². The Kier molecular flexibility index (Phi) is 11.5. The quantitative estimate of drug-likeness (QED) is 0.121. The van der Waals surface area contributed by atoms with Crippen LogP contribution in [0.5, 0.6) is 0 Å². The first kappa shape index (κ1) is 42.4. The van der Waals surface area contributed by atoms with Gasteiger partial charge in [0.2, 0.25) is 0 Å². The van der Waals surface area contributed by atoms with Gasteiger partial charge < -0.3 is 14.7 Å². The summed E-state index contributed by atoms with van der Waals surface area (Å²) in [6, 6.07) is 103. The van der Waals surface area contributed by atoms with Crippen molar-refractivity contribution in [1.29, 1.82) is 0 Å². The molecule has 0 amide bonds. The summed E-state index contributed by atoms with van der Waals surface area (Å²) in [7, 11) is 0. The van der Waals surface area contributed by atoms with Gasteiger partial charge in [0.05, 0.1) is 17.1 Å². The third-order valence-electron chi connectivity index (χ3n) is 13.0. The zero-order chi connectivity index (χ0) is 46.6. The number of anilines is 9. The van der Waals surface area contributed by atoms with E-state index in [1.807, 2.05) is 11.3 Å². The van der Waals surface area contributed by atoms with Gasteiger partial charge in [0, 0.05) is 54.3 Å². The average Bonchev–Trinajstić information content (AvgIpc) is 3.81. The van der Waals surface area contributed by atoms with E-state index in [4.69, 9.17) is 0 Å². The van der Waals surface area contributed by atoms with E-state index in [-0.39, 0.29) is 0 Å². The molecule has 0 unspecified atom stereocenters. The minimum absolute atomic E-state index is 1.01. The maximum Gasteiger partial charge on any atom is 0.0503 e. The highest BCUT2D eigenvalue weighted by molar-refractivity contribution is 7.25. The Morgan fingerprint density at radius 2 is 0.471 bits per heavy atom. The van der Waals surface area contributed by atoms with Crippen LogP contribution in [0.3, 0.4) is 0 Å². The third kappa shape index (κ3) is 8.49. The second-order valence-corrected chi connectivity index (χ2v) is 18.5. The average molecular weight is 914 g/mol. The SMILES string of the molecule is c1ccc(-c2ccc(N(c3ccccc3)c3cc(N(c4ccccc4)c4ccc(-c5ccccc5)cc4)cc(N(c4ccc(-c5ccccc5)cc4)c4ccc5sc6ccccc6c5c4)c3)cc2)cc1. The summed E-state index contributed by atoms with van der Waals surface area (Å²) < 4.78 is 2.55. The lowest BCUT2D eigenvalue weighted by Crippen LogP contribution is -2.16. The first-order valence-corrected chi connectivity index (χ1v) is 24.6. The van der Waals surface area contributed by atoms with E-state index in [1.165, 1.54) is 53.6 Å². The molecule has 0 aliphatic rings. The minimum atomic E-state index is 1.01. The van der Waals surface area contributed by atoms with Crippen LogP contribution < -0.4 is 14.7 Å². The van der Waals surface area contributed by atoms with Crippen LogP contribution in [0.15, 0.2) is 285 Å². The molecule has 11 aromatic carbocycles. The molecule has 0 atom stereocenters. The molecule has 12 aromatic rings. The highest BCUT2D eigenvalue weighted by atomic mass is 32.1. The number of para-hydroxylation sites is 2. The predicted octanol–water partition coefficient (Wildman–Crippen LogP) is 19.5. The van der Waals surface area contributed by atoms with Crippen molar-refractivity contribution in [2.24, 2.45) is 0 Å². The summed E-state index contributed by atoms with van der Waals surface area (Å²) >= 11 is 1.84. The van der Waals surface area contributed by atoms with Crippen molar-refractivity contribution in [3.63, 3.8) is 0 Å². The standard InChI is InChI=1S/C66H47N3S/c1-6-18-48(19-7-1)51-30-36-56(37-31-51)67(54-24-12-4-13-25-54)60-44-61(68(55-26-14-5-15-27-55)57-38-32-52(33-39-57)49-20-8-2-9-21-49)46-62(45-60)69(58-40-34-53(35-41-58)50-22-10-3-11-23-50)59-42-43-66-64(47-59)63-28-16-17-29-65(63)70-66/h1-47H. The molecule has 0 fully saturated rings. The fraction of sp³-hybridized carbons (Fsp3) is 0. The largest absolute Gasteiger partial charge is 0.310 e. The van der Waals surface area contributed by atoms with Gasteiger partial charge in [0.25, 0.3) is 0 Å². The lowest BCUT2D eigenvalue weighted by Gasteiger charge is -2.33. The molecule has 0 aliphatic heterocycles. The number of thiophene rings is 1. The van der Waals surface area contributed by atoms with E-state index in [9.17, 15) is 0 Å². The number of hydrogen-bond acceptors (Lipinski definition) is 4. The summed E-state index contributed by atoms with van der Waals surface area (Å²) in [5, 5.41) is 2.51. The van der Waals surface area contributed by atoms with Crippen molar-refractivity contribution < 1.29 is 0 Å². The molecular formula is C66H47N3S. The summed E-state index contributed by atoms with van der Waals surface area (Å²) in [6.07, 6.45) is 0. The monoisotopic (exact) mass is 913 g/mol. The van der Waals surface area contributed by atoms with Gasteiger partial charge >= 0.3 is 0 Å². The summed E-state index contributed by atoms with van der Waals surface area (Å²) in [4.78, 5) is 7.20. The molecule has 0 aliphatic carbocycles. The van der Waals surface area contributed by atoms with E-state index < -0.39 is 0 Å². The van der Waals surface area contributed by atoms with Gasteiger partial charge in [-0.2, -0.15) is 0 Å². The number of hydrogen-bond donors (Lipinski definition) is 0. The van der Waals surface area contributed by atoms with Crippen LogP contribution in [0.25, 0.3) is 53.6 Å². The lowest BCUT2D eigenvalue weighted by molar-refractivity contribution is 1.22. The maximum atomic E-state index is 2.43. The summed E-state index contributed by atoms with van der Waals surface area (Å²) in [6.45, 7) is 0. The molecule has 0 radical (unpaired) electrons. The molecule has 4 heteroatoms. The van der Waals surface area contributed by atoms with Gasteiger partial charge in [-0.1, -0.05) is 182 Å². The molecule has 70 heavy (non-hydrogen) atoms. The molecule has 0 spiro atoms. The van der Waals surface area contributed by atoms with Gasteiger partial charge in [-0.05, 0) is 137 Å². The number of fused-ring (bicyclic) bond motifs is 3. The fourth-order valence-corrected chi connectivity index (χ4v) is 10.7. The Morgan fingerprint density at radius 3 is 0.871 bits per heavy atom. The van der Waals surface area contributed by atoms with Crippen LogP contribution in [0, 0.1) is 0 Å². The van der Waals surface area contributed by atoms with Gasteiger partial charge in [0.1, 0.15) is 0 Å². The Labute approximate surface area is 413 Å². The van der Waals surface area contributed by atoms with E-state index in [1.54, 1.807) is 0 Å². The Morgan fingerprint density at radius 1 is 0.186 bits per heavy atom. The van der Waals surface area contributed by atoms with E-state index in [2.05, 4.69) is 300 Å². The molecule has 0 bridgehead atoms. The summed E-state index contributed by atoms with van der Waals surface area (Å²) in [5.41, 5.74) is 16.5. The Balaban J connectivity index is 1.10. The number of nitrogens with zero attached hydrogens (tertiary/aromatic N) is 3. The minimum Gasteiger partial charge on any atom is -0.310 e. The molecule has 3 nitrogen and oxygen atoms in total. The molecule has 0 saturated heterocycles. The Hall–Kier alpha value is -8.96. The van der Waals surface area contributed by atoms with Crippen LogP contribution in [-0.4, -0.2) is 0 Å². The number of rotatable bonds is 12. The van der Waals surface area contributed by atoms with Gasteiger partial charge in [-0.3, -0.25) is 0 Å². The molecule has 332 valence electrons.